The summed E-state index contributed by atoms with van der Waals surface area (Å²) in [6, 6.07) is 25.9. The van der Waals surface area contributed by atoms with Crippen LogP contribution in [0.15, 0.2) is 107 Å². The van der Waals surface area contributed by atoms with E-state index >= 15 is 0 Å². The number of carbonyl (C=O) groups is 1. The van der Waals surface area contributed by atoms with E-state index < -0.39 is 21.9 Å². The number of aliphatic hydroxyl groups excluding tert-OH is 1. The van der Waals surface area contributed by atoms with Crippen molar-refractivity contribution < 1.29 is 28.2 Å². The number of ether oxygens (including phenoxy) is 1. The van der Waals surface area contributed by atoms with Crippen molar-refractivity contribution in [2.45, 2.75) is 35.3 Å². The van der Waals surface area contributed by atoms with Crippen LogP contribution in [0.3, 0.4) is 0 Å². The zero-order valence-electron chi connectivity index (χ0n) is 21.1. The maximum absolute atomic E-state index is 13.1. The molecule has 4 rings (SSSR count). The Morgan fingerprint density at radius 2 is 1.52 bits per heavy atom. The molecular formula is C30H29ClNNaO6S. The molecule has 0 saturated heterocycles. The van der Waals surface area contributed by atoms with Crippen LogP contribution in [0.2, 0.25) is 5.02 Å². The molecule has 4 aromatic rings. The first kappa shape index (κ1) is 31.8. The van der Waals surface area contributed by atoms with Crippen LogP contribution in [0.25, 0.3) is 0 Å². The van der Waals surface area contributed by atoms with E-state index in [0.717, 1.165) is 11.1 Å². The summed E-state index contributed by atoms with van der Waals surface area (Å²) in [6.07, 6.45) is -0.0390. The number of benzene rings is 4. The van der Waals surface area contributed by atoms with Gasteiger partial charge in [-0.15, -0.1) is 0 Å². The summed E-state index contributed by atoms with van der Waals surface area (Å²) in [5.41, 5.74) is 1.79. The van der Waals surface area contributed by atoms with Crippen LogP contribution in [0.4, 0.5) is 0 Å². The van der Waals surface area contributed by atoms with E-state index in [0.29, 0.717) is 29.5 Å². The molecule has 0 saturated carbocycles. The normalized spacial score (nSPS) is 12.7. The Balaban J connectivity index is 0.00000441. The number of hydrogen-bond donors (Lipinski definition) is 3. The SMILES string of the molecule is C[C@H](Cc1ccc(S(=O)(=O)c2ccc(Oc3cccc(C(=O)O)c3)cc2)cc1)NC[C@@H](O)c1cccc(Cl)c1.[NaH]. The van der Waals surface area contributed by atoms with Gasteiger partial charge >= 0.3 is 35.5 Å². The number of hydrogen-bond acceptors (Lipinski definition) is 6. The molecule has 2 atom stereocenters. The molecule has 10 heteroatoms. The molecule has 0 bridgehead atoms. The first-order valence-electron chi connectivity index (χ1n) is 12.2. The Labute approximate surface area is 261 Å². The number of carboxylic acid groups (broad SMARTS) is 1. The number of aliphatic hydroxyl groups is 1. The van der Waals surface area contributed by atoms with Crippen molar-refractivity contribution in [1.29, 1.82) is 0 Å². The molecule has 0 aliphatic heterocycles. The third-order valence-corrected chi connectivity index (χ3v) is 8.14. The zero-order valence-corrected chi connectivity index (χ0v) is 22.7. The molecule has 7 nitrogen and oxygen atoms in total. The molecule has 204 valence electrons. The van der Waals surface area contributed by atoms with Crippen LogP contribution in [0.5, 0.6) is 11.5 Å². The van der Waals surface area contributed by atoms with Crippen molar-refractivity contribution >= 4 is 57.0 Å². The molecule has 0 unspecified atom stereocenters. The fourth-order valence-electron chi connectivity index (χ4n) is 4.03. The van der Waals surface area contributed by atoms with Gasteiger partial charge < -0.3 is 20.3 Å². The average molecular weight is 590 g/mol. The Kier molecular flexibility index (Phi) is 11.4. The minimum atomic E-state index is -3.74. The maximum atomic E-state index is 13.1. The van der Waals surface area contributed by atoms with Crippen molar-refractivity contribution in [3.63, 3.8) is 0 Å². The number of aromatic carboxylic acids is 1. The fraction of sp³-hybridized carbons (Fsp3) is 0.167. The van der Waals surface area contributed by atoms with Crippen LogP contribution >= 0.6 is 11.6 Å². The number of halogens is 1. The van der Waals surface area contributed by atoms with Crippen LogP contribution in [0.1, 0.15) is 34.5 Å². The Bertz CT molecular complexity index is 1550. The van der Waals surface area contributed by atoms with E-state index in [1.807, 2.05) is 13.0 Å². The van der Waals surface area contributed by atoms with E-state index in [4.69, 9.17) is 21.4 Å². The van der Waals surface area contributed by atoms with Crippen LogP contribution < -0.4 is 10.1 Å². The number of rotatable bonds is 11. The topological polar surface area (TPSA) is 113 Å². The van der Waals surface area contributed by atoms with Gasteiger partial charge in [-0.3, -0.25) is 0 Å². The van der Waals surface area contributed by atoms with Gasteiger partial charge in [0.2, 0.25) is 9.84 Å². The summed E-state index contributed by atoms with van der Waals surface area (Å²) >= 11 is 6.00. The molecule has 4 aromatic carbocycles. The molecule has 0 heterocycles. The first-order chi connectivity index (χ1) is 18.6. The van der Waals surface area contributed by atoms with Crippen molar-refractivity contribution in [3.05, 3.63) is 119 Å². The van der Waals surface area contributed by atoms with Gasteiger partial charge in [0, 0.05) is 17.6 Å². The molecule has 0 fully saturated rings. The van der Waals surface area contributed by atoms with E-state index in [1.54, 1.807) is 54.6 Å². The molecule has 0 amide bonds. The third-order valence-electron chi connectivity index (χ3n) is 6.12. The van der Waals surface area contributed by atoms with Gasteiger partial charge in [0.15, 0.2) is 0 Å². The van der Waals surface area contributed by atoms with Gasteiger partial charge in [0.25, 0.3) is 0 Å². The predicted octanol–water partition coefficient (Wildman–Crippen LogP) is 5.27. The van der Waals surface area contributed by atoms with Gasteiger partial charge in [-0.05, 0) is 91.2 Å². The van der Waals surface area contributed by atoms with Gasteiger partial charge in [-0.1, -0.05) is 41.9 Å². The summed E-state index contributed by atoms with van der Waals surface area (Å²) in [6.45, 7) is 2.36. The monoisotopic (exact) mass is 589 g/mol. The number of sulfone groups is 1. The molecule has 0 aliphatic carbocycles. The van der Waals surface area contributed by atoms with Crippen LogP contribution in [0, 0.1) is 0 Å². The van der Waals surface area contributed by atoms with E-state index in [9.17, 15) is 18.3 Å². The van der Waals surface area contributed by atoms with E-state index in [-0.39, 0.29) is 51.0 Å². The fourth-order valence-corrected chi connectivity index (χ4v) is 5.49. The minimum absolute atomic E-state index is 0. The summed E-state index contributed by atoms with van der Waals surface area (Å²) in [7, 11) is -3.74. The number of nitrogens with one attached hydrogen (secondary N) is 1. The standard InChI is InChI=1S/C30H28ClNO6S.Na.H/c1-20(32-19-29(33)22-4-2-6-24(31)17-22)16-21-8-12-27(13-9-21)39(36,37)28-14-10-25(11-15-28)38-26-7-3-5-23(18-26)30(34)35;;/h2-15,17-18,20,29,32-33H,16,19H2,1H3,(H,34,35);;/t20-,29-;;/m1../s1. The van der Waals surface area contributed by atoms with Crippen molar-refractivity contribution in [2.75, 3.05) is 6.54 Å². The summed E-state index contributed by atoms with van der Waals surface area (Å²) in [5, 5.41) is 23.4. The molecule has 0 aromatic heterocycles. The van der Waals surface area contributed by atoms with Crippen LogP contribution in [-0.4, -0.2) is 66.7 Å². The Hall–Kier alpha value is -2.69. The predicted molar refractivity (Wildman–Crippen MR) is 157 cm³/mol. The van der Waals surface area contributed by atoms with Crippen LogP contribution in [-0.2, 0) is 16.3 Å². The van der Waals surface area contributed by atoms with Gasteiger partial charge in [0.1, 0.15) is 11.5 Å². The van der Waals surface area contributed by atoms with Gasteiger partial charge in [-0.25, -0.2) is 13.2 Å². The number of carboxylic acids is 1. The van der Waals surface area contributed by atoms with E-state index in [2.05, 4.69) is 5.32 Å². The summed E-state index contributed by atoms with van der Waals surface area (Å²) in [5.74, 6) is -0.344. The van der Waals surface area contributed by atoms with Crippen molar-refractivity contribution in [1.82, 2.24) is 5.32 Å². The summed E-state index contributed by atoms with van der Waals surface area (Å²) in [4.78, 5) is 11.4. The average Bonchev–Trinajstić information content (AvgIpc) is 2.92. The van der Waals surface area contributed by atoms with Crippen molar-refractivity contribution in [2.24, 2.45) is 0 Å². The quantitative estimate of drug-likeness (QED) is 0.204. The summed E-state index contributed by atoms with van der Waals surface area (Å²) < 4.78 is 31.9. The molecule has 3 N–H and O–H groups in total. The second kappa shape index (κ2) is 14.3. The Morgan fingerprint density at radius 3 is 2.15 bits per heavy atom. The van der Waals surface area contributed by atoms with Gasteiger partial charge in [-0.2, -0.15) is 0 Å². The molecule has 0 radical (unpaired) electrons. The Morgan fingerprint density at radius 1 is 0.900 bits per heavy atom. The first-order valence-corrected chi connectivity index (χ1v) is 14.1. The third kappa shape index (κ3) is 8.41. The molecule has 40 heavy (non-hydrogen) atoms. The molecular weight excluding hydrogens is 561 g/mol. The molecule has 0 spiro atoms. The van der Waals surface area contributed by atoms with Gasteiger partial charge in [0.05, 0.1) is 21.5 Å². The zero-order chi connectivity index (χ0) is 28.0. The second-order valence-electron chi connectivity index (χ2n) is 9.14. The second-order valence-corrected chi connectivity index (χ2v) is 11.5. The molecule has 0 aliphatic rings. The van der Waals surface area contributed by atoms with E-state index in [1.165, 1.54) is 36.4 Å². The van der Waals surface area contributed by atoms with Crippen molar-refractivity contribution in [3.8, 4) is 11.5 Å².